The number of hydrogen-bond donors (Lipinski definition) is 1. The Morgan fingerprint density at radius 3 is 2.42 bits per heavy atom. The van der Waals surface area contributed by atoms with Gasteiger partial charge >= 0.3 is 0 Å². The van der Waals surface area contributed by atoms with Gasteiger partial charge in [0.15, 0.2) is 0 Å². The molecule has 2 aliphatic rings. The average molecular weight is 459 g/mol. The first-order valence-corrected chi connectivity index (χ1v) is 10.6. The topological polar surface area (TPSA) is 58.1 Å². The van der Waals surface area contributed by atoms with Crippen molar-refractivity contribution in [3.63, 3.8) is 0 Å². The highest BCUT2D eigenvalue weighted by Crippen LogP contribution is 2.29. The Hall–Kier alpha value is -2.21. The van der Waals surface area contributed by atoms with E-state index in [0.29, 0.717) is 6.04 Å². The lowest BCUT2D eigenvalue weighted by Crippen LogP contribution is -2.45. The molecule has 5 nitrogen and oxygen atoms in total. The maximum Gasteiger partial charge on any atom is 0.254 e. The second-order valence-corrected chi connectivity index (χ2v) is 8.23. The lowest BCUT2D eigenvalue weighted by atomic mass is 10.0. The predicted octanol–water partition coefficient (Wildman–Crippen LogP) is 4.74. The Morgan fingerprint density at radius 2 is 1.71 bits per heavy atom. The molecule has 164 valence electrons. The van der Waals surface area contributed by atoms with Crippen LogP contribution in [0.1, 0.15) is 36.0 Å². The summed E-state index contributed by atoms with van der Waals surface area (Å²) in [5.41, 5.74) is 3.39. The number of likely N-dealkylation sites (tertiary alicyclic amines) is 1. The fourth-order valence-electron chi connectivity index (χ4n) is 4.14. The van der Waals surface area contributed by atoms with E-state index in [2.05, 4.69) is 10.3 Å². The number of para-hydroxylation sites is 1. The third kappa shape index (κ3) is 5.35. The van der Waals surface area contributed by atoms with E-state index in [-0.39, 0.29) is 30.7 Å². The van der Waals surface area contributed by atoms with E-state index < -0.39 is 0 Å². The van der Waals surface area contributed by atoms with Crippen LogP contribution in [0.25, 0.3) is 22.2 Å². The zero-order valence-corrected chi connectivity index (χ0v) is 19.0. The third-order valence-electron chi connectivity index (χ3n) is 6.10. The number of pyridine rings is 2. The number of carbonyl (C=O) groups is 1. The van der Waals surface area contributed by atoms with Crippen LogP contribution in [0, 0.1) is 5.92 Å². The largest absolute Gasteiger partial charge is 0.339 e. The molecule has 5 rings (SSSR count). The van der Waals surface area contributed by atoms with Crippen LogP contribution in [-0.2, 0) is 0 Å². The molecule has 2 fully saturated rings. The molecular weight excluding hydrogens is 431 g/mol. The highest BCUT2D eigenvalue weighted by molar-refractivity contribution is 6.07. The van der Waals surface area contributed by atoms with Crippen LogP contribution in [0.15, 0.2) is 54.9 Å². The van der Waals surface area contributed by atoms with Crippen molar-refractivity contribution < 1.29 is 4.79 Å². The molecule has 0 unspecified atom stereocenters. The molecule has 1 saturated heterocycles. The Morgan fingerprint density at radius 1 is 1.00 bits per heavy atom. The molecule has 3 aromatic rings. The van der Waals surface area contributed by atoms with Gasteiger partial charge in [0, 0.05) is 42.5 Å². The number of aromatic nitrogens is 2. The van der Waals surface area contributed by atoms with Gasteiger partial charge in [-0.2, -0.15) is 0 Å². The highest BCUT2D eigenvalue weighted by atomic mass is 35.5. The zero-order chi connectivity index (χ0) is 19.6. The third-order valence-corrected chi connectivity index (χ3v) is 6.10. The van der Waals surface area contributed by atoms with E-state index in [1.165, 1.54) is 12.8 Å². The van der Waals surface area contributed by atoms with Gasteiger partial charge in [0.05, 0.1) is 16.8 Å². The van der Waals surface area contributed by atoms with Crippen LogP contribution < -0.4 is 5.32 Å². The molecule has 0 spiro atoms. The van der Waals surface area contributed by atoms with Gasteiger partial charge in [0.1, 0.15) is 0 Å². The summed E-state index contributed by atoms with van der Waals surface area (Å²) in [6.45, 7) is 2.76. The highest BCUT2D eigenvalue weighted by Gasteiger charge is 2.27. The molecule has 1 saturated carbocycles. The summed E-state index contributed by atoms with van der Waals surface area (Å²) in [6.07, 6.45) is 8.32. The van der Waals surface area contributed by atoms with Crippen molar-refractivity contribution in [2.45, 2.75) is 31.7 Å². The minimum atomic E-state index is 0. The van der Waals surface area contributed by atoms with Crippen molar-refractivity contribution >= 4 is 41.6 Å². The molecule has 0 bridgehead atoms. The normalized spacial score (nSPS) is 16.5. The van der Waals surface area contributed by atoms with Crippen molar-refractivity contribution in [3.05, 3.63) is 60.4 Å². The molecule has 3 heterocycles. The molecule has 7 heteroatoms. The summed E-state index contributed by atoms with van der Waals surface area (Å²) in [4.78, 5) is 24.3. The van der Waals surface area contributed by atoms with Crippen LogP contribution in [0.5, 0.6) is 0 Å². The Kier molecular flexibility index (Phi) is 7.87. The molecule has 1 N–H and O–H groups in total. The number of rotatable bonds is 5. The van der Waals surface area contributed by atoms with E-state index in [0.717, 1.165) is 66.1 Å². The number of hydrogen-bond acceptors (Lipinski definition) is 4. The Balaban J connectivity index is 0.00000136. The van der Waals surface area contributed by atoms with Gasteiger partial charge in [0.2, 0.25) is 0 Å². The quantitative estimate of drug-likeness (QED) is 0.599. The zero-order valence-electron chi connectivity index (χ0n) is 17.4. The SMILES string of the molecule is Cl.Cl.O=C(c1cc(-c2ccncc2)nc2ccccc12)N1CCC(NCC2CC2)CC1. The van der Waals surface area contributed by atoms with Gasteiger partial charge in [-0.05, 0) is 62.4 Å². The fourth-order valence-corrected chi connectivity index (χ4v) is 4.14. The summed E-state index contributed by atoms with van der Waals surface area (Å²) in [5, 5.41) is 4.61. The van der Waals surface area contributed by atoms with Gasteiger partial charge in [-0.25, -0.2) is 4.98 Å². The molecule has 1 aliphatic carbocycles. The molecule has 0 atom stereocenters. The number of fused-ring (bicyclic) bond motifs is 1. The van der Waals surface area contributed by atoms with Crippen molar-refractivity contribution in [1.29, 1.82) is 0 Å². The van der Waals surface area contributed by atoms with Gasteiger partial charge < -0.3 is 10.2 Å². The minimum absolute atomic E-state index is 0. The molecule has 1 aliphatic heterocycles. The van der Waals surface area contributed by atoms with Gasteiger partial charge in [0.25, 0.3) is 5.91 Å². The van der Waals surface area contributed by atoms with Crippen LogP contribution in [-0.4, -0.2) is 46.5 Å². The van der Waals surface area contributed by atoms with Crippen molar-refractivity contribution in [2.24, 2.45) is 5.92 Å². The number of benzene rings is 1. The van der Waals surface area contributed by atoms with E-state index in [1.54, 1.807) is 12.4 Å². The maximum absolute atomic E-state index is 13.4. The van der Waals surface area contributed by atoms with Crippen LogP contribution in [0.3, 0.4) is 0 Å². The van der Waals surface area contributed by atoms with Gasteiger partial charge in [-0.15, -0.1) is 24.8 Å². The van der Waals surface area contributed by atoms with Crippen LogP contribution >= 0.6 is 24.8 Å². The molecule has 31 heavy (non-hydrogen) atoms. The number of carbonyl (C=O) groups excluding carboxylic acids is 1. The Labute approximate surface area is 195 Å². The molecule has 1 aromatic carbocycles. The second kappa shape index (κ2) is 10.4. The summed E-state index contributed by atoms with van der Waals surface area (Å²) >= 11 is 0. The van der Waals surface area contributed by atoms with Gasteiger partial charge in [-0.1, -0.05) is 18.2 Å². The minimum Gasteiger partial charge on any atom is -0.339 e. The summed E-state index contributed by atoms with van der Waals surface area (Å²) in [5.74, 6) is 1.00. The average Bonchev–Trinajstić information content (AvgIpc) is 3.62. The summed E-state index contributed by atoms with van der Waals surface area (Å²) < 4.78 is 0. The lowest BCUT2D eigenvalue weighted by Gasteiger charge is -2.33. The summed E-state index contributed by atoms with van der Waals surface area (Å²) in [7, 11) is 0. The smallest absolute Gasteiger partial charge is 0.254 e. The lowest BCUT2D eigenvalue weighted by molar-refractivity contribution is 0.0707. The predicted molar refractivity (Wildman–Crippen MR) is 129 cm³/mol. The van der Waals surface area contributed by atoms with Crippen molar-refractivity contribution in [1.82, 2.24) is 20.2 Å². The van der Waals surface area contributed by atoms with Crippen LogP contribution in [0.4, 0.5) is 0 Å². The van der Waals surface area contributed by atoms with Gasteiger partial charge in [-0.3, -0.25) is 9.78 Å². The standard InChI is InChI=1S/C24H26N4O.2ClH/c29-24(28-13-9-19(10-14-28)26-16-17-5-6-17)21-15-23(18-7-11-25-12-8-18)27-22-4-2-1-3-20(21)22;;/h1-4,7-8,11-12,15,17,19,26H,5-6,9-10,13-14,16H2;2*1H. The first kappa shape index (κ1) is 23.5. The Bertz CT molecular complexity index is 1020. The monoisotopic (exact) mass is 458 g/mol. The summed E-state index contributed by atoms with van der Waals surface area (Å²) in [6, 6.07) is 14.3. The number of amides is 1. The van der Waals surface area contributed by atoms with E-state index in [4.69, 9.17) is 4.98 Å². The first-order chi connectivity index (χ1) is 14.3. The van der Waals surface area contributed by atoms with Crippen LogP contribution in [0.2, 0.25) is 0 Å². The molecule has 1 amide bonds. The molecular formula is C24H28Cl2N4O. The number of nitrogens with zero attached hydrogens (tertiary/aromatic N) is 3. The van der Waals surface area contributed by atoms with Crippen molar-refractivity contribution in [2.75, 3.05) is 19.6 Å². The number of piperidine rings is 1. The van der Waals surface area contributed by atoms with Crippen molar-refractivity contribution in [3.8, 4) is 11.3 Å². The number of halogens is 2. The van der Waals surface area contributed by atoms with E-state index >= 15 is 0 Å². The van der Waals surface area contributed by atoms with E-state index in [1.807, 2.05) is 47.4 Å². The number of nitrogens with one attached hydrogen (secondary N) is 1. The first-order valence-electron chi connectivity index (χ1n) is 10.6. The van der Waals surface area contributed by atoms with E-state index in [9.17, 15) is 4.79 Å². The molecule has 0 radical (unpaired) electrons. The maximum atomic E-state index is 13.4. The molecule has 2 aromatic heterocycles. The second-order valence-electron chi connectivity index (χ2n) is 8.23. The fraction of sp³-hybridized carbons (Fsp3) is 0.375.